The Balaban J connectivity index is 1.41. The minimum atomic E-state index is -3.20. The third kappa shape index (κ3) is 5.53. The van der Waals surface area contributed by atoms with E-state index in [1.807, 2.05) is 31.3 Å². The van der Waals surface area contributed by atoms with Crippen LogP contribution in [0.2, 0.25) is 0 Å². The molecular formula is C23H30N2O4S. The molecule has 0 saturated heterocycles. The van der Waals surface area contributed by atoms with Crippen molar-refractivity contribution in [1.82, 2.24) is 10.0 Å². The van der Waals surface area contributed by atoms with Crippen LogP contribution in [0.25, 0.3) is 0 Å². The summed E-state index contributed by atoms with van der Waals surface area (Å²) < 4.78 is 38.4. The summed E-state index contributed by atoms with van der Waals surface area (Å²) in [6.07, 6.45) is 2.95. The van der Waals surface area contributed by atoms with Gasteiger partial charge in [0.05, 0.1) is 5.75 Å². The largest absolute Gasteiger partial charge is 0.492 e. The van der Waals surface area contributed by atoms with Gasteiger partial charge in [-0.1, -0.05) is 30.3 Å². The van der Waals surface area contributed by atoms with Gasteiger partial charge in [0.15, 0.2) is 0 Å². The smallest absolute Gasteiger partial charge is 0.211 e. The Morgan fingerprint density at radius 1 is 1.13 bits per heavy atom. The molecule has 0 radical (unpaired) electrons. The first-order chi connectivity index (χ1) is 14.5. The van der Waals surface area contributed by atoms with Gasteiger partial charge < -0.3 is 14.8 Å². The Bertz CT molecular complexity index is 945. The van der Waals surface area contributed by atoms with Gasteiger partial charge in [-0.3, -0.25) is 0 Å². The van der Waals surface area contributed by atoms with Gasteiger partial charge in [-0.25, -0.2) is 13.1 Å². The van der Waals surface area contributed by atoms with Crippen molar-refractivity contribution >= 4 is 10.0 Å². The molecular weight excluding hydrogens is 400 g/mol. The van der Waals surface area contributed by atoms with E-state index in [1.165, 1.54) is 5.56 Å². The summed E-state index contributed by atoms with van der Waals surface area (Å²) in [5, 5.41) is 3.38. The van der Waals surface area contributed by atoms with Crippen molar-refractivity contribution in [3.05, 3.63) is 59.7 Å². The second-order valence-electron chi connectivity index (χ2n) is 8.17. The quantitative estimate of drug-likeness (QED) is 0.567. The van der Waals surface area contributed by atoms with Crippen LogP contribution in [-0.4, -0.2) is 47.0 Å². The molecule has 2 N–H and O–H groups in total. The molecule has 0 spiro atoms. The van der Waals surface area contributed by atoms with Gasteiger partial charge in [0.2, 0.25) is 10.0 Å². The Hall–Kier alpha value is -2.09. The Labute approximate surface area is 179 Å². The van der Waals surface area contributed by atoms with Crippen LogP contribution in [-0.2, 0) is 16.4 Å². The molecule has 2 aliphatic rings. The summed E-state index contributed by atoms with van der Waals surface area (Å²) in [6, 6.07) is 16.5. The van der Waals surface area contributed by atoms with Crippen LogP contribution in [0.3, 0.4) is 0 Å². The van der Waals surface area contributed by atoms with E-state index in [1.54, 1.807) is 0 Å². The first-order valence-electron chi connectivity index (χ1n) is 10.6. The lowest BCUT2D eigenvalue weighted by atomic mass is 9.84. The number of sulfonamides is 1. The van der Waals surface area contributed by atoms with Crippen molar-refractivity contribution < 1.29 is 17.9 Å². The molecule has 1 aliphatic carbocycles. The van der Waals surface area contributed by atoms with Crippen LogP contribution in [0.1, 0.15) is 29.9 Å². The molecule has 162 valence electrons. The van der Waals surface area contributed by atoms with Crippen LogP contribution < -0.4 is 19.5 Å². The van der Waals surface area contributed by atoms with Crippen LogP contribution in [0.4, 0.5) is 0 Å². The Morgan fingerprint density at radius 2 is 1.93 bits per heavy atom. The maximum atomic E-state index is 12.0. The predicted octanol–water partition coefficient (Wildman–Crippen LogP) is 2.70. The average molecular weight is 431 g/mol. The van der Waals surface area contributed by atoms with E-state index in [0.29, 0.717) is 19.1 Å². The monoisotopic (exact) mass is 430 g/mol. The van der Waals surface area contributed by atoms with Crippen LogP contribution in [0.15, 0.2) is 48.5 Å². The lowest BCUT2D eigenvalue weighted by Crippen LogP contribution is -2.41. The van der Waals surface area contributed by atoms with E-state index >= 15 is 0 Å². The van der Waals surface area contributed by atoms with Crippen LogP contribution in [0.5, 0.6) is 11.5 Å². The van der Waals surface area contributed by atoms with Crippen molar-refractivity contribution in [3.8, 4) is 11.5 Å². The zero-order chi connectivity index (χ0) is 21.0. The molecule has 6 nitrogen and oxygen atoms in total. The molecule has 0 aromatic heterocycles. The molecule has 1 heterocycles. The second-order valence-corrected chi connectivity index (χ2v) is 10.0. The van der Waals surface area contributed by atoms with Crippen LogP contribution >= 0.6 is 0 Å². The molecule has 30 heavy (non-hydrogen) atoms. The lowest BCUT2D eigenvalue weighted by molar-refractivity contribution is 0.217. The molecule has 0 bridgehead atoms. The number of ether oxygens (including phenoxy) is 2. The first-order valence-corrected chi connectivity index (χ1v) is 12.3. The number of nitrogens with one attached hydrogen (secondary N) is 2. The summed E-state index contributed by atoms with van der Waals surface area (Å²) >= 11 is 0. The van der Waals surface area contributed by atoms with E-state index in [4.69, 9.17) is 9.47 Å². The molecule has 1 aliphatic heterocycles. The topological polar surface area (TPSA) is 76.7 Å². The highest BCUT2D eigenvalue weighted by Crippen LogP contribution is 2.38. The molecule has 4 rings (SSSR count). The molecule has 1 saturated carbocycles. The van der Waals surface area contributed by atoms with Crippen LogP contribution in [0, 0.1) is 5.92 Å². The van der Waals surface area contributed by atoms with E-state index in [9.17, 15) is 8.42 Å². The molecule has 2 atom stereocenters. The average Bonchev–Trinajstić information content (AvgIpc) is 3.55. The highest BCUT2D eigenvalue weighted by Gasteiger charge is 2.31. The van der Waals surface area contributed by atoms with Gasteiger partial charge in [-0.15, -0.1) is 0 Å². The van der Waals surface area contributed by atoms with Crippen molar-refractivity contribution in [2.45, 2.75) is 31.2 Å². The van der Waals surface area contributed by atoms with Gasteiger partial charge in [-0.05, 0) is 56.0 Å². The fraction of sp³-hybridized carbons (Fsp3) is 0.478. The van der Waals surface area contributed by atoms with Gasteiger partial charge >= 0.3 is 0 Å². The highest BCUT2D eigenvalue weighted by molar-refractivity contribution is 7.89. The number of likely N-dealkylation sites (N-methyl/N-ethyl adjacent to an activating group) is 1. The fourth-order valence-electron chi connectivity index (χ4n) is 3.97. The third-order valence-corrected chi connectivity index (χ3v) is 7.35. The Morgan fingerprint density at radius 3 is 2.67 bits per heavy atom. The van der Waals surface area contributed by atoms with E-state index < -0.39 is 10.0 Å². The van der Waals surface area contributed by atoms with Crippen molar-refractivity contribution in [3.63, 3.8) is 0 Å². The summed E-state index contributed by atoms with van der Waals surface area (Å²) in [6.45, 7) is 1.20. The normalized spacial score (nSPS) is 21.0. The van der Waals surface area contributed by atoms with E-state index in [-0.39, 0.29) is 24.3 Å². The Kier molecular flexibility index (Phi) is 6.61. The van der Waals surface area contributed by atoms with Gasteiger partial charge in [-0.2, -0.15) is 0 Å². The number of hydrogen-bond donors (Lipinski definition) is 2. The highest BCUT2D eigenvalue weighted by atomic mass is 32.2. The maximum Gasteiger partial charge on any atom is 0.211 e. The number of hydrogen-bond acceptors (Lipinski definition) is 5. The van der Waals surface area contributed by atoms with Gasteiger partial charge in [0.25, 0.3) is 0 Å². The second kappa shape index (κ2) is 9.37. The molecule has 7 heteroatoms. The zero-order valence-electron chi connectivity index (χ0n) is 17.3. The first kappa shape index (κ1) is 21.2. The lowest BCUT2D eigenvalue weighted by Gasteiger charge is -2.34. The fourth-order valence-corrected chi connectivity index (χ4v) is 5.44. The van der Waals surface area contributed by atoms with Gasteiger partial charge in [0.1, 0.15) is 24.7 Å². The summed E-state index contributed by atoms with van der Waals surface area (Å²) in [5.74, 6) is 2.46. The minimum absolute atomic E-state index is 0.210. The summed E-state index contributed by atoms with van der Waals surface area (Å²) in [4.78, 5) is 0. The van der Waals surface area contributed by atoms with E-state index in [0.717, 1.165) is 36.3 Å². The summed E-state index contributed by atoms with van der Waals surface area (Å²) in [5.41, 5.74) is 2.41. The zero-order valence-corrected chi connectivity index (χ0v) is 18.2. The van der Waals surface area contributed by atoms with E-state index in [2.05, 4.69) is 34.3 Å². The number of fused-ring (bicyclic) bond motifs is 1. The SMILES string of the molecule is CN[C@@H]1COc2ccc(OCCNS(=O)(=O)CC3CC3)cc2[C@@H]1Cc1ccccc1. The third-order valence-electron chi connectivity index (χ3n) is 5.80. The van der Waals surface area contributed by atoms with Crippen molar-refractivity contribution in [1.29, 1.82) is 0 Å². The molecule has 1 fully saturated rings. The number of benzene rings is 2. The van der Waals surface area contributed by atoms with Crippen molar-refractivity contribution in [2.24, 2.45) is 5.92 Å². The summed E-state index contributed by atoms with van der Waals surface area (Å²) in [7, 11) is -1.24. The number of rotatable bonds is 10. The van der Waals surface area contributed by atoms with Gasteiger partial charge in [0, 0.05) is 24.1 Å². The molecule has 2 aromatic rings. The standard InChI is InChI=1S/C23H30N2O4S/c1-24-22-15-29-23-10-9-19(28-12-11-25-30(26,27)16-18-7-8-18)14-21(23)20(22)13-17-5-3-2-4-6-17/h2-6,9-10,14,18,20,22,24-25H,7-8,11-13,15-16H2,1H3/t20-,22+/m0/s1. The molecule has 2 aromatic carbocycles. The molecule has 0 unspecified atom stereocenters. The minimum Gasteiger partial charge on any atom is -0.492 e. The van der Waals surface area contributed by atoms with Crippen molar-refractivity contribution in [2.75, 3.05) is 32.6 Å². The predicted molar refractivity (Wildman–Crippen MR) is 118 cm³/mol. The maximum absolute atomic E-state index is 12.0. The molecule has 0 amide bonds.